The van der Waals surface area contributed by atoms with Gasteiger partial charge in [-0.25, -0.2) is 4.39 Å². The number of hydrogen-bond donors (Lipinski definition) is 2. The molecule has 3 atom stereocenters. The van der Waals surface area contributed by atoms with Crippen molar-refractivity contribution in [2.75, 3.05) is 24.6 Å². The number of nitrogens with one attached hydrogen (secondary N) is 2. The number of nitrogens with zero attached hydrogens (tertiary/aromatic N) is 2. The number of aromatic nitrogens is 2. The highest BCUT2D eigenvalue weighted by atomic mass is 19.1. The Morgan fingerprint density at radius 3 is 2.89 bits per heavy atom. The lowest BCUT2D eigenvalue weighted by molar-refractivity contribution is -0.132. The van der Waals surface area contributed by atoms with Crippen LogP contribution >= 0.6 is 0 Å². The summed E-state index contributed by atoms with van der Waals surface area (Å²) in [6.45, 7) is 1.59. The van der Waals surface area contributed by atoms with Crippen molar-refractivity contribution in [2.45, 2.75) is 25.4 Å². The van der Waals surface area contributed by atoms with Gasteiger partial charge in [-0.1, -0.05) is 0 Å². The van der Waals surface area contributed by atoms with Crippen molar-refractivity contribution in [1.29, 1.82) is 0 Å². The second kappa shape index (κ2) is 8.10. The van der Waals surface area contributed by atoms with Crippen LogP contribution in [0.3, 0.4) is 0 Å². The molecule has 4 rings (SSSR count). The first kappa shape index (κ1) is 18.6. The highest BCUT2D eigenvalue weighted by molar-refractivity contribution is 6.09. The molecule has 2 N–H and O–H groups in total. The Kier molecular flexibility index (Phi) is 5.38. The van der Waals surface area contributed by atoms with E-state index in [1.165, 1.54) is 12.1 Å². The summed E-state index contributed by atoms with van der Waals surface area (Å²) in [7, 11) is 0. The first-order valence-corrected chi connectivity index (χ1v) is 9.58. The number of rotatable bonds is 5. The zero-order chi connectivity index (χ0) is 19.5. The lowest BCUT2D eigenvalue weighted by atomic mass is 9.90. The molecular weight excluding hydrogens is 363 g/mol. The van der Waals surface area contributed by atoms with E-state index < -0.39 is 5.92 Å². The molecule has 2 saturated heterocycles. The molecular formula is C20H23FN4O3. The van der Waals surface area contributed by atoms with Crippen molar-refractivity contribution < 1.29 is 18.7 Å². The second-order valence-electron chi connectivity index (χ2n) is 7.28. The normalized spacial score (nSPS) is 25.1. The summed E-state index contributed by atoms with van der Waals surface area (Å²) in [5.74, 6) is -1.42. The maximum Gasteiger partial charge on any atom is 0.239 e. The van der Waals surface area contributed by atoms with E-state index >= 15 is 0 Å². The minimum atomic E-state index is -0.707. The van der Waals surface area contributed by atoms with E-state index in [4.69, 9.17) is 4.74 Å². The Labute approximate surface area is 162 Å². The number of amides is 2. The number of benzene rings is 1. The topological polar surface area (TPSA) is 87.3 Å². The quantitative estimate of drug-likeness (QED) is 0.771. The third-order valence-corrected chi connectivity index (χ3v) is 5.49. The fraction of sp³-hybridized carbons (Fsp3) is 0.450. The Hall–Kier alpha value is -2.74. The molecule has 0 spiro atoms. The molecule has 2 aromatic rings. The molecule has 2 fully saturated rings. The fourth-order valence-corrected chi connectivity index (χ4v) is 3.99. The summed E-state index contributed by atoms with van der Waals surface area (Å²) in [5.41, 5.74) is 1.58. The number of aromatic amines is 1. The molecule has 7 nitrogen and oxygen atoms in total. The molecule has 8 heteroatoms. The molecule has 2 amide bonds. The van der Waals surface area contributed by atoms with Crippen LogP contribution in [0.4, 0.5) is 10.1 Å². The number of carbonyl (C=O) groups is 2. The highest BCUT2D eigenvalue weighted by Gasteiger charge is 2.38. The van der Waals surface area contributed by atoms with E-state index in [0.717, 1.165) is 18.4 Å². The Morgan fingerprint density at radius 1 is 1.32 bits per heavy atom. The second-order valence-corrected chi connectivity index (χ2v) is 7.28. The first-order chi connectivity index (χ1) is 13.6. The predicted octanol–water partition coefficient (Wildman–Crippen LogP) is 2.19. The van der Waals surface area contributed by atoms with Crippen LogP contribution in [0.1, 0.15) is 30.9 Å². The van der Waals surface area contributed by atoms with Crippen molar-refractivity contribution in [2.24, 2.45) is 11.8 Å². The van der Waals surface area contributed by atoms with Gasteiger partial charge in [0.25, 0.3) is 0 Å². The van der Waals surface area contributed by atoms with Gasteiger partial charge >= 0.3 is 0 Å². The molecule has 2 aliphatic rings. The summed E-state index contributed by atoms with van der Waals surface area (Å²) < 4.78 is 19.0. The van der Waals surface area contributed by atoms with E-state index in [1.807, 2.05) is 6.20 Å². The SMILES string of the molecule is O=C(NC[C@@H]1CCCO[C@H]1c1cn[nH]c1)C1CCN(c2ccc(F)cc2)C1=O. The van der Waals surface area contributed by atoms with Gasteiger partial charge in [-0.3, -0.25) is 14.7 Å². The summed E-state index contributed by atoms with van der Waals surface area (Å²) in [6, 6.07) is 5.75. The zero-order valence-corrected chi connectivity index (χ0v) is 15.4. The van der Waals surface area contributed by atoms with Crippen LogP contribution in [0.2, 0.25) is 0 Å². The van der Waals surface area contributed by atoms with E-state index in [2.05, 4.69) is 15.5 Å². The molecule has 3 heterocycles. The summed E-state index contributed by atoms with van der Waals surface area (Å²) >= 11 is 0. The Morgan fingerprint density at radius 2 is 2.14 bits per heavy atom. The molecule has 2 aliphatic heterocycles. The molecule has 28 heavy (non-hydrogen) atoms. The largest absolute Gasteiger partial charge is 0.373 e. The molecule has 1 aromatic heterocycles. The van der Waals surface area contributed by atoms with E-state index in [-0.39, 0.29) is 29.7 Å². The minimum absolute atomic E-state index is 0.109. The van der Waals surface area contributed by atoms with Gasteiger partial charge in [0.05, 0.1) is 12.3 Å². The molecule has 0 bridgehead atoms. The van der Waals surface area contributed by atoms with Gasteiger partial charge in [0.2, 0.25) is 11.8 Å². The van der Waals surface area contributed by atoms with E-state index in [1.54, 1.807) is 23.2 Å². The lowest BCUT2D eigenvalue weighted by Crippen LogP contribution is -2.40. The highest BCUT2D eigenvalue weighted by Crippen LogP contribution is 2.33. The average Bonchev–Trinajstić information content (AvgIpc) is 3.37. The maximum absolute atomic E-state index is 13.1. The number of H-pyrrole nitrogens is 1. The van der Waals surface area contributed by atoms with Crippen molar-refractivity contribution >= 4 is 17.5 Å². The lowest BCUT2D eigenvalue weighted by Gasteiger charge is -2.31. The molecule has 1 aromatic carbocycles. The monoisotopic (exact) mass is 386 g/mol. The van der Waals surface area contributed by atoms with Crippen molar-refractivity contribution in [3.63, 3.8) is 0 Å². The van der Waals surface area contributed by atoms with Crippen LogP contribution < -0.4 is 10.2 Å². The predicted molar refractivity (Wildman–Crippen MR) is 99.9 cm³/mol. The van der Waals surface area contributed by atoms with Crippen LogP contribution in [0.15, 0.2) is 36.7 Å². The fourth-order valence-electron chi connectivity index (χ4n) is 3.99. The minimum Gasteiger partial charge on any atom is -0.373 e. The standard InChI is InChI=1S/C20H23FN4O3/c21-15-3-5-16(6-4-15)25-8-7-17(20(25)27)19(26)22-10-13-2-1-9-28-18(13)14-11-23-24-12-14/h3-6,11-13,17-18H,1-2,7-10H2,(H,22,26)(H,23,24)/t13-,17?,18+/m0/s1. The summed E-state index contributed by atoms with van der Waals surface area (Å²) in [4.78, 5) is 26.9. The zero-order valence-electron chi connectivity index (χ0n) is 15.4. The smallest absolute Gasteiger partial charge is 0.239 e. The molecule has 1 unspecified atom stereocenters. The van der Waals surface area contributed by atoms with Gasteiger partial charge in [-0.15, -0.1) is 0 Å². The Bertz CT molecular complexity index is 824. The first-order valence-electron chi connectivity index (χ1n) is 9.58. The number of hydrogen-bond acceptors (Lipinski definition) is 4. The van der Waals surface area contributed by atoms with E-state index in [0.29, 0.717) is 31.8 Å². The van der Waals surface area contributed by atoms with Gasteiger partial charge < -0.3 is 15.0 Å². The van der Waals surface area contributed by atoms with Crippen molar-refractivity contribution in [1.82, 2.24) is 15.5 Å². The third-order valence-electron chi connectivity index (χ3n) is 5.49. The van der Waals surface area contributed by atoms with Crippen molar-refractivity contribution in [3.05, 3.63) is 48.0 Å². The number of halogens is 1. The van der Waals surface area contributed by atoms with E-state index in [9.17, 15) is 14.0 Å². The van der Waals surface area contributed by atoms with Gasteiger partial charge in [0.15, 0.2) is 0 Å². The van der Waals surface area contributed by atoms with Crippen LogP contribution in [-0.4, -0.2) is 41.7 Å². The molecule has 148 valence electrons. The van der Waals surface area contributed by atoms with Gasteiger partial charge in [0, 0.05) is 43.1 Å². The third kappa shape index (κ3) is 3.77. The van der Waals surface area contributed by atoms with Gasteiger partial charge in [-0.05, 0) is 43.5 Å². The van der Waals surface area contributed by atoms with Gasteiger partial charge in [-0.2, -0.15) is 5.10 Å². The summed E-state index contributed by atoms with van der Waals surface area (Å²) in [6.07, 6.45) is 5.78. The summed E-state index contributed by atoms with van der Waals surface area (Å²) in [5, 5.41) is 9.71. The molecule has 0 aliphatic carbocycles. The van der Waals surface area contributed by atoms with Crippen molar-refractivity contribution in [3.8, 4) is 0 Å². The number of anilines is 1. The Balaban J connectivity index is 1.36. The number of ether oxygens (including phenoxy) is 1. The van der Waals surface area contributed by atoms with Crippen LogP contribution in [0.25, 0.3) is 0 Å². The average molecular weight is 386 g/mol. The van der Waals surface area contributed by atoms with Crippen LogP contribution in [-0.2, 0) is 14.3 Å². The maximum atomic E-state index is 13.1. The van der Waals surface area contributed by atoms with Crippen LogP contribution in [0.5, 0.6) is 0 Å². The molecule has 0 radical (unpaired) electrons. The molecule has 0 saturated carbocycles. The van der Waals surface area contributed by atoms with Gasteiger partial charge in [0.1, 0.15) is 11.7 Å². The number of carbonyl (C=O) groups excluding carboxylic acids is 2. The van der Waals surface area contributed by atoms with Crippen LogP contribution in [0, 0.1) is 17.7 Å².